The molecule has 0 spiro atoms. The van der Waals surface area contributed by atoms with E-state index in [9.17, 15) is 0 Å². The molecule has 0 amide bonds. The van der Waals surface area contributed by atoms with E-state index in [1.807, 2.05) is 172 Å². The van der Waals surface area contributed by atoms with Crippen molar-refractivity contribution in [2.45, 2.75) is 90.0 Å². The first kappa shape index (κ1) is 88.7. The molecule has 6 heterocycles. The van der Waals surface area contributed by atoms with Crippen LogP contribution in [0.2, 0.25) is 0 Å². The van der Waals surface area contributed by atoms with Crippen LogP contribution in [0.15, 0.2) is 297 Å². The van der Waals surface area contributed by atoms with Crippen LogP contribution in [0.3, 0.4) is 0 Å². The average Bonchev–Trinajstić information content (AvgIpc) is 1.25. The molecule has 0 bridgehead atoms. The summed E-state index contributed by atoms with van der Waals surface area (Å²) >= 11 is 1.63. The van der Waals surface area contributed by atoms with E-state index in [0.29, 0.717) is 0 Å². The van der Waals surface area contributed by atoms with Gasteiger partial charge in [-0.1, -0.05) is 212 Å². The number of aromatic nitrogens is 11. The van der Waals surface area contributed by atoms with Crippen molar-refractivity contribution in [3.63, 3.8) is 0 Å². The first-order valence-corrected chi connectivity index (χ1v) is 39.1. The maximum atomic E-state index is 4.37. The van der Waals surface area contributed by atoms with E-state index < -0.39 is 0 Å². The van der Waals surface area contributed by atoms with Gasteiger partial charge >= 0.3 is 0 Å². The first-order chi connectivity index (χ1) is 55.9. The Bertz CT molecular complexity index is 5570. The Morgan fingerprint density at radius 3 is 0.831 bits per heavy atom. The topological polar surface area (TPSA) is 130 Å². The third-order valence-corrected chi connectivity index (χ3v) is 20.1. The molecule has 12 aromatic carbocycles. The van der Waals surface area contributed by atoms with Gasteiger partial charge in [0.2, 0.25) is 0 Å². The van der Waals surface area contributed by atoms with Crippen molar-refractivity contribution in [3.05, 3.63) is 406 Å². The van der Waals surface area contributed by atoms with Crippen LogP contribution in [0.5, 0.6) is 0 Å². The number of hydrogen-bond donors (Lipinski definition) is 0. The van der Waals surface area contributed by atoms with Crippen molar-refractivity contribution in [2.24, 2.45) is 0 Å². The minimum atomic E-state index is 0. The summed E-state index contributed by atoms with van der Waals surface area (Å²) in [6.45, 7) is 27.0. The Hall–Kier alpha value is -11.6. The Morgan fingerprint density at radius 2 is 0.593 bits per heavy atom. The number of nitrogens with zero attached hydrogens (tertiary/aromatic N) is 11. The van der Waals surface area contributed by atoms with Gasteiger partial charge in [-0.25, -0.2) is 17.1 Å². The Kier molecular flexibility index (Phi) is 32.0. The van der Waals surface area contributed by atoms with Gasteiger partial charge < -0.3 is 30.6 Å². The molecule has 600 valence electrons. The normalized spacial score (nSPS) is 10.4. The summed E-state index contributed by atoms with van der Waals surface area (Å²) in [7, 11) is 0. The number of aryl methyl sites for hydroxylation is 13. The van der Waals surface area contributed by atoms with Gasteiger partial charge in [0.15, 0.2) is 0 Å². The van der Waals surface area contributed by atoms with Gasteiger partial charge in [-0.2, -0.15) is 86.8 Å². The quantitative estimate of drug-likeness (QED) is 0.110. The van der Waals surface area contributed by atoms with Crippen LogP contribution < -0.4 is 15.3 Å². The van der Waals surface area contributed by atoms with Crippen molar-refractivity contribution in [1.82, 2.24) is 55.1 Å². The van der Waals surface area contributed by atoms with Crippen molar-refractivity contribution in [3.8, 4) is 122 Å². The summed E-state index contributed by atoms with van der Waals surface area (Å²) in [6, 6.07) is 117. The van der Waals surface area contributed by atoms with Crippen LogP contribution in [0.1, 0.15) is 73.2 Å². The van der Waals surface area contributed by atoms with Gasteiger partial charge in [-0.05, 0) is 147 Å². The molecule has 0 fully saturated rings. The van der Waals surface area contributed by atoms with E-state index in [1.54, 1.807) is 17.5 Å². The van der Waals surface area contributed by atoms with Gasteiger partial charge in [-0.15, -0.1) is 121 Å². The molecular weight excluding hydrogens is 2010 g/mol. The molecular formula is C103H88N11Pt3S-9. The van der Waals surface area contributed by atoms with Gasteiger partial charge in [0.1, 0.15) is 0 Å². The zero-order valence-corrected chi connectivity index (χ0v) is 75.7. The van der Waals surface area contributed by atoms with Gasteiger partial charge in [0.05, 0.1) is 11.4 Å². The molecule has 118 heavy (non-hydrogen) atoms. The average molecular weight is 2100 g/mol. The van der Waals surface area contributed by atoms with E-state index in [-0.39, 0.29) is 63.2 Å². The summed E-state index contributed by atoms with van der Waals surface area (Å²) in [5, 5.41) is 36.5. The minimum absolute atomic E-state index is 0. The van der Waals surface area contributed by atoms with Crippen molar-refractivity contribution >= 4 is 11.3 Å². The molecule has 0 aliphatic heterocycles. The third kappa shape index (κ3) is 23.0. The van der Waals surface area contributed by atoms with E-state index in [2.05, 4.69) is 300 Å². The van der Waals surface area contributed by atoms with E-state index in [0.717, 1.165) is 95.6 Å². The molecule has 18 rings (SSSR count). The van der Waals surface area contributed by atoms with Crippen molar-refractivity contribution in [2.75, 3.05) is 0 Å². The van der Waals surface area contributed by atoms with Gasteiger partial charge in [0.25, 0.3) is 0 Å². The molecule has 15 heteroatoms. The van der Waals surface area contributed by atoms with Crippen LogP contribution in [0, 0.1) is 126 Å². The van der Waals surface area contributed by atoms with Crippen LogP contribution in [-0.4, -0.2) is 39.8 Å². The zero-order chi connectivity index (χ0) is 80.3. The second-order valence-corrected chi connectivity index (χ2v) is 29.3. The largest absolute Gasteiger partial charge is 0.619 e. The predicted molar refractivity (Wildman–Crippen MR) is 471 cm³/mol. The summed E-state index contributed by atoms with van der Waals surface area (Å²) in [6.07, 6.45) is 1.81. The molecule has 0 aliphatic carbocycles. The fourth-order valence-electron chi connectivity index (χ4n) is 14.1. The number of benzene rings is 12. The van der Waals surface area contributed by atoms with E-state index in [1.165, 1.54) is 100 Å². The van der Waals surface area contributed by atoms with Crippen LogP contribution >= 0.6 is 11.3 Å². The Balaban J connectivity index is 0.000000153. The number of rotatable bonds is 12. The van der Waals surface area contributed by atoms with Crippen molar-refractivity contribution in [1.29, 1.82) is 0 Å². The van der Waals surface area contributed by atoms with E-state index >= 15 is 0 Å². The Labute approximate surface area is 742 Å². The van der Waals surface area contributed by atoms with Crippen LogP contribution in [0.25, 0.3) is 122 Å². The molecule has 0 saturated heterocycles. The first-order valence-electron chi connectivity index (χ1n) is 38.2. The zero-order valence-electron chi connectivity index (χ0n) is 68.1. The monoisotopic (exact) mass is 2100 g/mol. The summed E-state index contributed by atoms with van der Waals surface area (Å²) < 4.78 is 3.80. The number of thiazole rings is 1. The van der Waals surface area contributed by atoms with Crippen LogP contribution in [-0.2, 0) is 63.2 Å². The van der Waals surface area contributed by atoms with Gasteiger partial charge in [0, 0.05) is 108 Å². The van der Waals surface area contributed by atoms with E-state index in [4.69, 9.17) is 0 Å². The molecule has 0 atom stereocenters. The predicted octanol–water partition coefficient (Wildman–Crippen LogP) is 24.5. The molecule has 0 saturated carbocycles. The fraction of sp³-hybridized carbons (Fsp3) is 0.126. The summed E-state index contributed by atoms with van der Waals surface area (Å²) in [5.74, 6) is 0. The summed E-state index contributed by atoms with van der Waals surface area (Å²) in [4.78, 5) is 4.17. The van der Waals surface area contributed by atoms with Crippen LogP contribution in [0.4, 0.5) is 0 Å². The van der Waals surface area contributed by atoms with Gasteiger partial charge in [-0.3, -0.25) is 14.3 Å². The number of hydrogen-bond acceptors (Lipinski definition) is 7. The molecule has 18 aromatic rings. The molecule has 11 nitrogen and oxygen atoms in total. The molecule has 0 radical (unpaired) electrons. The number of para-hydroxylation sites is 2. The maximum Gasteiger partial charge on any atom is 0.0600 e. The standard InChI is InChI=1S/3C24H20N2.2C11H11N2.C9H6NS.3Pt/c3*1-16-13-22(19-7-5-4-6-8-19)14-17(2)24(16)21-11-9-20(10-12-21)23-15-18(3)25-26-23;2*1-9-8-10(2)13(12-9)11-6-4-3-5-7-11;1-2-4-8(5-3-1)9-10-6-7-11-9;;;/h3*4-9,11-15H,1-3H3;2*3-6,8H,1-2H3;1-4,6-7H;;;/q3*-2;3*-1;;;. The Morgan fingerprint density at radius 1 is 0.280 bits per heavy atom. The minimum Gasteiger partial charge on any atom is -0.619 e. The molecule has 0 N–H and O–H groups in total. The summed E-state index contributed by atoms with van der Waals surface area (Å²) in [5.41, 5.74) is 38.3. The molecule has 0 unspecified atom stereocenters. The smallest absolute Gasteiger partial charge is 0.0600 e. The molecule has 6 aromatic heterocycles. The third-order valence-electron chi connectivity index (χ3n) is 19.3. The maximum absolute atomic E-state index is 4.37. The van der Waals surface area contributed by atoms with Crippen molar-refractivity contribution < 1.29 is 63.2 Å². The second kappa shape index (κ2) is 42.5. The molecule has 0 aliphatic rings. The fourth-order valence-corrected chi connectivity index (χ4v) is 14.7. The SMILES string of the molecule is Cc1cc(-c2[c-]cc(-c3c(C)cc(-c4ccccc4)cc3C)cc2)[n-]n1.Cc1cc(-c2[c-]cc(-c3c(C)cc(-c4ccccc4)cc3C)cc2)[n-]n1.Cc1cc(-c2[c-]cc(-c3c(C)cc(-c4ccccc4)cc3C)cc2)[n-]n1.Cc1cc(C)n(-c2[c-]cccc2)n1.Cc1cc(C)n(-c2[c-]cccc2)n1.[Pt].[Pt].[Pt].[c-]1ccccc1-c1nccs1. The second-order valence-electron chi connectivity index (χ2n) is 28.4.